The van der Waals surface area contributed by atoms with Crippen molar-refractivity contribution < 1.29 is 0 Å². The minimum Gasteiger partial charge on any atom is -0.115 e. The van der Waals surface area contributed by atoms with E-state index in [1.165, 1.54) is 48.6 Å². The number of hydrogen-bond acceptors (Lipinski definition) is 0. The second kappa shape index (κ2) is 12.3. The van der Waals surface area contributed by atoms with Crippen LogP contribution < -0.4 is 0 Å². The van der Waals surface area contributed by atoms with Crippen LogP contribution in [0, 0.1) is 36.0 Å². The van der Waals surface area contributed by atoms with Gasteiger partial charge in [0.2, 0.25) is 0 Å². The lowest BCUT2D eigenvalue weighted by Crippen LogP contribution is -2.31. The second-order valence-electron chi connectivity index (χ2n) is 10.6. The highest BCUT2D eigenvalue weighted by atomic mass is 31.2. The summed E-state index contributed by atoms with van der Waals surface area (Å²) in [4.78, 5) is 0. The average Bonchev–Trinajstić information content (AvgIpc) is 3.50. The molecule has 0 aromatic carbocycles. The van der Waals surface area contributed by atoms with Crippen LogP contribution in [-0.4, -0.2) is 24.8 Å². The van der Waals surface area contributed by atoms with Crippen molar-refractivity contribution >= 4 is 13.2 Å². The van der Waals surface area contributed by atoms with Gasteiger partial charge in [-0.15, -0.1) is 19.6 Å². The predicted octanol–water partition coefficient (Wildman–Crippen LogP) is 9.12. The smallest absolute Gasteiger partial charge is 0.00837 e. The lowest BCUT2D eigenvalue weighted by Gasteiger charge is -2.42. The first kappa shape index (κ1) is 27.1. The first-order chi connectivity index (χ1) is 15.2. The number of terminal acetylenes is 1. The summed E-state index contributed by atoms with van der Waals surface area (Å²) in [5, 5.41) is 0. The molecule has 2 saturated carbocycles. The largest absolute Gasteiger partial charge is 0.115 e. The zero-order valence-electron chi connectivity index (χ0n) is 22.1. The van der Waals surface area contributed by atoms with Crippen molar-refractivity contribution in [2.45, 2.75) is 92.1 Å². The molecule has 6 unspecified atom stereocenters. The summed E-state index contributed by atoms with van der Waals surface area (Å²) in [7, 11) is 0. The van der Waals surface area contributed by atoms with Crippen molar-refractivity contribution in [3.8, 4) is 12.3 Å². The van der Waals surface area contributed by atoms with Gasteiger partial charge in [-0.25, -0.2) is 0 Å². The third-order valence-corrected chi connectivity index (χ3v) is 12.2. The molecule has 0 heterocycles. The number of hydrogen-bond donors (Lipinski definition) is 0. The highest BCUT2D eigenvalue weighted by Crippen LogP contribution is 2.59. The van der Waals surface area contributed by atoms with E-state index in [1.54, 1.807) is 5.57 Å². The van der Waals surface area contributed by atoms with Crippen molar-refractivity contribution in [1.29, 1.82) is 0 Å². The maximum atomic E-state index is 5.92. The fourth-order valence-electron chi connectivity index (χ4n) is 5.88. The molecule has 6 atom stereocenters. The Bertz CT molecular complexity index is 834. The Hall–Kier alpha value is -1.18. The maximum Gasteiger partial charge on any atom is -0.00837 e. The Labute approximate surface area is 200 Å². The summed E-state index contributed by atoms with van der Waals surface area (Å²) >= 11 is 0. The molecule has 2 rings (SSSR count). The lowest BCUT2D eigenvalue weighted by atomic mass is 9.70. The van der Waals surface area contributed by atoms with Crippen LogP contribution in [0.3, 0.4) is 0 Å². The van der Waals surface area contributed by atoms with E-state index in [9.17, 15) is 0 Å². The Morgan fingerprint density at radius 2 is 1.81 bits per heavy atom. The van der Waals surface area contributed by atoms with Crippen LogP contribution in [0.2, 0.25) is 0 Å². The number of rotatable bonds is 10. The molecule has 0 aromatic rings. The van der Waals surface area contributed by atoms with Crippen molar-refractivity contribution in [2.75, 3.05) is 12.8 Å². The zero-order chi connectivity index (χ0) is 23.9. The fraction of sp³-hybridized carbons (Fsp3) is 0.645. The zero-order valence-corrected chi connectivity index (χ0v) is 23.0. The molecule has 0 aromatic heterocycles. The average molecular weight is 453 g/mol. The summed E-state index contributed by atoms with van der Waals surface area (Å²) in [6.07, 6.45) is 29.8. The lowest BCUT2D eigenvalue weighted by molar-refractivity contribution is 0.363. The second-order valence-corrected chi connectivity index (χ2v) is 14.9. The Balaban J connectivity index is 2.43. The molecular formula is C31H49P. The molecular weight excluding hydrogens is 403 g/mol. The van der Waals surface area contributed by atoms with Crippen LogP contribution in [0.4, 0.5) is 0 Å². The monoisotopic (exact) mass is 452 g/mol. The van der Waals surface area contributed by atoms with E-state index in [-0.39, 0.29) is 0 Å². The van der Waals surface area contributed by atoms with Gasteiger partial charge in [0, 0.05) is 0 Å². The van der Waals surface area contributed by atoms with Gasteiger partial charge in [0.1, 0.15) is 0 Å². The molecule has 1 heteroatoms. The third kappa shape index (κ3) is 6.67. The summed E-state index contributed by atoms with van der Waals surface area (Å²) in [5.74, 6) is 5.94. The van der Waals surface area contributed by atoms with Crippen LogP contribution >= 0.6 is 6.89 Å². The van der Waals surface area contributed by atoms with E-state index in [4.69, 9.17) is 12.7 Å². The molecule has 0 spiro atoms. The van der Waals surface area contributed by atoms with Gasteiger partial charge in [0.25, 0.3) is 0 Å². The predicted molar refractivity (Wildman–Crippen MR) is 150 cm³/mol. The maximum absolute atomic E-state index is 5.92. The normalized spacial score (nSPS) is 31.1. The number of allylic oxidation sites excluding steroid dienone is 8. The van der Waals surface area contributed by atoms with Crippen molar-refractivity contribution in [3.05, 3.63) is 46.6 Å². The van der Waals surface area contributed by atoms with Gasteiger partial charge in [-0.05, 0) is 111 Å². The van der Waals surface area contributed by atoms with E-state index >= 15 is 0 Å². The summed E-state index contributed by atoms with van der Waals surface area (Å²) in [6, 6.07) is 0. The first-order valence-corrected chi connectivity index (χ1v) is 15.8. The summed E-state index contributed by atoms with van der Waals surface area (Å²) in [6.45, 7) is 15.2. The molecule has 2 fully saturated rings. The van der Waals surface area contributed by atoms with E-state index in [1.807, 2.05) is 0 Å². The van der Waals surface area contributed by atoms with Gasteiger partial charge in [-0.1, -0.05) is 69.9 Å². The summed E-state index contributed by atoms with van der Waals surface area (Å²) in [5.41, 5.74) is 6.73. The van der Waals surface area contributed by atoms with Crippen LogP contribution in [0.1, 0.15) is 86.5 Å². The van der Waals surface area contributed by atoms with Crippen molar-refractivity contribution in [3.63, 3.8) is 0 Å². The fourth-order valence-corrected chi connectivity index (χ4v) is 8.41. The van der Waals surface area contributed by atoms with Gasteiger partial charge < -0.3 is 0 Å². The molecule has 0 radical (unpaired) electrons. The Kier molecular flexibility index (Phi) is 10.4. The quantitative estimate of drug-likeness (QED) is 0.176. The van der Waals surface area contributed by atoms with E-state index in [2.05, 4.69) is 78.4 Å². The van der Waals surface area contributed by atoms with E-state index < -0.39 is 6.89 Å². The highest BCUT2D eigenvalue weighted by Gasteiger charge is 2.45. The molecule has 0 aliphatic heterocycles. The van der Waals surface area contributed by atoms with E-state index in [0.29, 0.717) is 17.5 Å². The molecule has 0 nitrogen and oxygen atoms in total. The van der Waals surface area contributed by atoms with E-state index in [0.717, 1.165) is 31.1 Å². The van der Waals surface area contributed by atoms with Crippen LogP contribution in [0.25, 0.3) is 0 Å². The minimum absolute atomic E-state index is 0.583. The first-order valence-electron chi connectivity index (χ1n) is 13.1. The highest BCUT2D eigenvalue weighted by molar-refractivity contribution is 7.73. The molecule has 0 bridgehead atoms. The van der Waals surface area contributed by atoms with Gasteiger partial charge in [0.15, 0.2) is 0 Å². The molecule has 0 N–H and O–H groups in total. The topological polar surface area (TPSA) is 0 Å². The molecule has 32 heavy (non-hydrogen) atoms. The minimum atomic E-state index is -1.20. The summed E-state index contributed by atoms with van der Waals surface area (Å²) < 4.78 is 0. The van der Waals surface area contributed by atoms with Gasteiger partial charge in [-0.3, -0.25) is 0 Å². The van der Waals surface area contributed by atoms with Gasteiger partial charge in [0.05, 0.1) is 0 Å². The van der Waals surface area contributed by atoms with Gasteiger partial charge >= 0.3 is 0 Å². The van der Waals surface area contributed by atoms with Crippen LogP contribution in [-0.2, 0) is 0 Å². The molecule has 0 amide bonds. The van der Waals surface area contributed by atoms with Crippen molar-refractivity contribution in [2.24, 2.45) is 23.7 Å². The molecule has 0 saturated heterocycles. The Morgan fingerprint density at radius 1 is 1.16 bits per heavy atom. The van der Waals surface area contributed by atoms with Crippen molar-refractivity contribution in [1.82, 2.24) is 0 Å². The van der Waals surface area contributed by atoms with Crippen LogP contribution in [0.5, 0.6) is 0 Å². The molecule has 178 valence electrons. The SMILES string of the molecule is C#C/C=C1\C(=C/C/C(C)=C/C=C(CC)CC)C(C2CC2C)CCC1C(CC)P(=C)(C)CC. The third-order valence-electron chi connectivity index (χ3n) is 8.41. The van der Waals surface area contributed by atoms with Gasteiger partial charge in [-0.2, -0.15) is 0 Å². The molecule has 2 aliphatic rings. The molecule has 2 aliphatic carbocycles. The standard InChI is InChI=1S/C31H49P/c1-10-15-26-27(19-17-23(6)16-18-25(11-2)12-3)28(30-22-24(30)7)20-21-29(26)31(13-4)32(8,9)14-5/h1,15-16,18-19,24,28-31H,8,11-14,17,20-22H2,2-7,9H3/b23-16+,26-15+,27-19+. The van der Waals surface area contributed by atoms with Crippen LogP contribution in [0.15, 0.2) is 46.6 Å². The Morgan fingerprint density at radius 3 is 2.31 bits per heavy atom.